The summed E-state index contributed by atoms with van der Waals surface area (Å²) in [5, 5.41) is 0. The van der Waals surface area contributed by atoms with E-state index in [4.69, 9.17) is 0 Å². The van der Waals surface area contributed by atoms with Gasteiger partial charge >= 0.3 is 0 Å². The zero-order valence-electron chi connectivity index (χ0n) is 11.4. The first-order valence-electron chi connectivity index (χ1n) is 6.49. The van der Waals surface area contributed by atoms with Gasteiger partial charge in [0.1, 0.15) is 0 Å². The monoisotopic (exact) mass is 232 g/mol. The molecule has 0 aromatic heterocycles. The molecule has 2 aliphatic heterocycles. The van der Waals surface area contributed by atoms with Gasteiger partial charge in [-0.25, -0.2) is 0 Å². The highest BCUT2D eigenvalue weighted by Gasteiger charge is 2.42. The van der Waals surface area contributed by atoms with Gasteiger partial charge in [-0.1, -0.05) is 18.7 Å². The minimum absolute atomic E-state index is 0.433. The lowest BCUT2D eigenvalue weighted by atomic mass is 9.74. The summed E-state index contributed by atoms with van der Waals surface area (Å²) in [5.74, 6) is 0. The third-order valence-corrected chi connectivity index (χ3v) is 4.47. The molecule has 0 unspecified atom stereocenters. The molecule has 1 fully saturated rings. The van der Waals surface area contributed by atoms with E-state index in [0.717, 1.165) is 0 Å². The Hall–Kier alpha value is -1.02. The molecule has 0 radical (unpaired) electrons. The zero-order valence-corrected chi connectivity index (χ0v) is 11.4. The van der Waals surface area contributed by atoms with Crippen LogP contribution in [0.1, 0.15) is 19.8 Å². The van der Waals surface area contributed by atoms with Gasteiger partial charge in [-0.05, 0) is 51.6 Å². The van der Waals surface area contributed by atoms with Crippen molar-refractivity contribution >= 4 is 0 Å². The van der Waals surface area contributed by atoms with Crippen LogP contribution in [0.15, 0.2) is 36.1 Å². The summed E-state index contributed by atoms with van der Waals surface area (Å²) in [6.07, 6.45) is 8.70. The number of rotatable bonds is 2. The number of piperidine rings is 1. The number of likely N-dealkylation sites (tertiary alicyclic amines) is 1. The molecule has 94 valence electrons. The predicted molar refractivity (Wildman–Crippen MR) is 73.8 cm³/mol. The van der Waals surface area contributed by atoms with Gasteiger partial charge in [0, 0.05) is 24.7 Å². The van der Waals surface area contributed by atoms with Crippen molar-refractivity contribution in [3.05, 3.63) is 36.1 Å². The van der Waals surface area contributed by atoms with Crippen LogP contribution in [0.3, 0.4) is 0 Å². The maximum atomic E-state index is 3.75. The van der Waals surface area contributed by atoms with Crippen molar-refractivity contribution in [1.82, 2.24) is 9.80 Å². The molecule has 1 spiro atoms. The van der Waals surface area contributed by atoms with Gasteiger partial charge in [0.2, 0.25) is 0 Å². The molecule has 0 saturated carbocycles. The number of allylic oxidation sites excluding steroid dienone is 3. The van der Waals surface area contributed by atoms with Gasteiger partial charge in [-0.3, -0.25) is 0 Å². The number of hydrogen-bond acceptors (Lipinski definition) is 2. The third-order valence-electron chi connectivity index (χ3n) is 4.47. The molecule has 0 aromatic carbocycles. The largest absolute Gasteiger partial charge is 0.374 e. The van der Waals surface area contributed by atoms with Crippen LogP contribution in [0.25, 0.3) is 0 Å². The zero-order chi connectivity index (χ0) is 12.5. The molecular weight excluding hydrogens is 208 g/mol. The van der Waals surface area contributed by atoms with E-state index in [1.165, 1.54) is 38.2 Å². The maximum absolute atomic E-state index is 3.75. The van der Waals surface area contributed by atoms with E-state index in [-0.39, 0.29) is 0 Å². The van der Waals surface area contributed by atoms with Crippen LogP contribution in [0.4, 0.5) is 0 Å². The first-order valence-corrected chi connectivity index (χ1v) is 6.49. The fourth-order valence-corrected chi connectivity index (χ4v) is 3.21. The van der Waals surface area contributed by atoms with Gasteiger partial charge in [-0.15, -0.1) is 0 Å². The summed E-state index contributed by atoms with van der Waals surface area (Å²) in [7, 11) is 4.43. The van der Waals surface area contributed by atoms with Crippen LogP contribution in [0.2, 0.25) is 0 Å². The summed E-state index contributed by atoms with van der Waals surface area (Å²) in [6.45, 7) is 9.70. The van der Waals surface area contributed by atoms with E-state index < -0.39 is 0 Å². The van der Waals surface area contributed by atoms with Crippen molar-refractivity contribution in [2.24, 2.45) is 5.41 Å². The molecular formula is C15H24N2. The van der Waals surface area contributed by atoms with E-state index in [1.807, 2.05) is 12.2 Å². The Bertz CT molecular complexity index is 357. The summed E-state index contributed by atoms with van der Waals surface area (Å²) in [5.41, 5.74) is 3.41. The molecule has 0 amide bonds. The average Bonchev–Trinajstić information content (AvgIpc) is 2.54. The first kappa shape index (κ1) is 12.4. The van der Waals surface area contributed by atoms with Gasteiger partial charge in [0.15, 0.2) is 0 Å². The molecule has 0 aromatic rings. The highest BCUT2D eigenvalue weighted by atomic mass is 15.2. The van der Waals surface area contributed by atoms with Crippen LogP contribution in [-0.4, -0.2) is 43.5 Å². The van der Waals surface area contributed by atoms with Crippen LogP contribution in [-0.2, 0) is 0 Å². The molecule has 2 rings (SSSR count). The second kappa shape index (κ2) is 4.69. The van der Waals surface area contributed by atoms with Crippen molar-refractivity contribution in [1.29, 1.82) is 0 Å². The summed E-state index contributed by atoms with van der Waals surface area (Å²) in [4.78, 5) is 4.84. The quantitative estimate of drug-likeness (QED) is 0.675. The van der Waals surface area contributed by atoms with E-state index in [9.17, 15) is 0 Å². The highest BCUT2D eigenvalue weighted by Crippen LogP contribution is 2.45. The number of hydrogen-bond donors (Lipinski definition) is 0. The SMILES string of the molecule is C=C/C=C\C1=C(C)C2(CCN(C)CC2)CN1C. The molecule has 1 saturated heterocycles. The van der Waals surface area contributed by atoms with Gasteiger partial charge in [0.05, 0.1) is 0 Å². The molecule has 2 heterocycles. The topological polar surface area (TPSA) is 6.48 Å². The van der Waals surface area contributed by atoms with Gasteiger partial charge < -0.3 is 9.80 Å². The number of likely N-dealkylation sites (N-methyl/N-ethyl adjacent to an activating group) is 1. The Morgan fingerprint density at radius 2 is 1.88 bits per heavy atom. The average molecular weight is 232 g/mol. The number of nitrogens with zero attached hydrogens (tertiary/aromatic N) is 2. The molecule has 0 atom stereocenters. The lowest BCUT2D eigenvalue weighted by molar-refractivity contribution is 0.145. The van der Waals surface area contributed by atoms with Gasteiger partial charge in [0.25, 0.3) is 0 Å². The molecule has 2 nitrogen and oxygen atoms in total. The van der Waals surface area contributed by atoms with E-state index in [0.29, 0.717) is 5.41 Å². The van der Waals surface area contributed by atoms with Crippen molar-refractivity contribution in [2.75, 3.05) is 33.7 Å². The molecule has 17 heavy (non-hydrogen) atoms. The Morgan fingerprint density at radius 1 is 1.24 bits per heavy atom. The Kier molecular flexibility index (Phi) is 3.43. The minimum Gasteiger partial charge on any atom is -0.374 e. The lowest BCUT2D eigenvalue weighted by Crippen LogP contribution is -2.40. The predicted octanol–water partition coefficient (Wildman–Crippen LogP) is 2.66. The molecule has 0 aliphatic carbocycles. The second-order valence-electron chi connectivity index (χ2n) is 5.54. The Labute approximate surface area is 105 Å². The molecule has 0 bridgehead atoms. The normalized spacial score (nSPS) is 25.2. The van der Waals surface area contributed by atoms with E-state index in [1.54, 1.807) is 5.57 Å². The molecule has 2 aliphatic rings. The first-order chi connectivity index (χ1) is 8.09. The highest BCUT2D eigenvalue weighted by molar-refractivity contribution is 5.35. The summed E-state index contributed by atoms with van der Waals surface area (Å²) >= 11 is 0. The maximum Gasteiger partial charge on any atom is 0.0359 e. The lowest BCUT2D eigenvalue weighted by Gasteiger charge is -2.39. The fourth-order valence-electron chi connectivity index (χ4n) is 3.21. The Balaban J connectivity index is 2.24. The second-order valence-corrected chi connectivity index (χ2v) is 5.54. The summed E-state index contributed by atoms with van der Waals surface area (Å²) < 4.78 is 0. The van der Waals surface area contributed by atoms with E-state index >= 15 is 0 Å². The standard InChI is InChI=1S/C15H24N2/c1-5-6-7-14-13(2)15(12-17(14)4)8-10-16(3)11-9-15/h5-7H,1,8-12H2,2-4H3/b7-6-. The van der Waals surface area contributed by atoms with Crippen LogP contribution in [0.5, 0.6) is 0 Å². The van der Waals surface area contributed by atoms with E-state index in [2.05, 4.69) is 43.5 Å². The fraction of sp³-hybridized carbons (Fsp3) is 0.600. The Morgan fingerprint density at radius 3 is 2.47 bits per heavy atom. The summed E-state index contributed by atoms with van der Waals surface area (Å²) in [6, 6.07) is 0. The van der Waals surface area contributed by atoms with Crippen molar-refractivity contribution in [3.63, 3.8) is 0 Å². The minimum atomic E-state index is 0.433. The third kappa shape index (κ3) is 2.19. The van der Waals surface area contributed by atoms with Crippen molar-refractivity contribution in [2.45, 2.75) is 19.8 Å². The van der Waals surface area contributed by atoms with Crippen molar-refractivity contribution < 1.29 is 0 Å². The van der Waals surface area contributed by atoms with Gasteiger partial charge in [-0.2, -0.15) is 0 Å². The smallest absolute Gasteiger partial charge is 0.0359 e. The molecule has 2 heteroatoms. The van der Waals surface area contributed by atoms with Crippen LogP contribution < -0.4 is 0 Å². The molecule has 0 N–H and O–H groups in total. The van der Waals surface area contributed by atoms with Crippen molar-refractivity contribution in [3.8, 4) is 0 Å². The van der Waals surface area contributed by atoms with Crippen LogP contribution in [0, 0.1) is 5.41 Å². The van der Waals surface area contributed by atoms with Crippen LogP contribution >= 0.6 is 0 Å².